The Morgan fingerprint density at radius 1 is 1.25 bits per heavy atom. The van der Waals surface area contributed by atoms with Crippen LogP contribution in [0.4, 0.5) is 21.7 Å². The number of hydrogen-bond donors (Lipinski definition) is 3. The number of nitrogens with two attached hydrogens (primary N) is 1. The molecule has 1 aromatic carbocycles. The molecule has 2 rings (SSSR count). The summed E-state index contributed by atoms with van der Waals surface area (Å²) in [7, 11) is 0. The van der Waals surface area contributed by atoms with E-state index in [9.17, 15) is 4.39 Å². The summed E-state index contributed by atoms with van der Waals surface area (Å²) in [6.45, 7) is 3.88. The summed E-state index contributed by atoms with van der Waals surface area (Å²) in [5.41, 5.74) is 3.72. The Kier molecular flexibility index (Phi) is 4.47. The lowest BCUT2D eigenvalue weighted by Crippen LogP contribution is -2.11. The van der Waals surface area contributed by atoms with E-state index in [1.807, 2.05) is 19.9 Å². The van der Waals surface area contributed by atoms with Crippen LogP contribution in [0.1, 0.15) is 24.7 Å². The third-order valence-corrected chi connectivity index (χ3v) is 2.87. The second-order valence-electron chi connectivity index (χ2n) is 4.51. The predicted octanol–water partition coefficient (Wildman–Crippen LogP) is 2.91. The van der Waals surface area contributed by atoms with E-state index >= 15 is 0 Å². The van der Waals surface area contributed by atoms with E-state index in [1.165, 1.54) is 6.07 Å². The van der Waals surface area contributed by atoms with E-state index in [0.717, 1.165) is 18.4 Å². The zero-order valence-corrected chi connectivity index (χ0v) is 11.6. The molecule has 106 valence electrons. The molecule has 0 saturated heterocycles. The summed E-state index contributed by atoms with van der Waals surface area (Å²) in [5, 5.41) is 2.99. The quantitative estimate of drug-likeness (QED) is 0.578. The average Bonchev–Trinajstić information content (AvgIpc) is 2.43. The molecule has 0 bridgehead atoms. The molecule has 0 fully saturated rings. The lowest BCUT2D eigenvalue weighted by Gasteiger charge is -2.12. The Labute approximate surface area is 117 Å². The van der Waals surface area contributed by atoms with Crippen molar-refractivity contribution in [3.05, 3.63) is 41.5 Å². The number of halogens is 1. The summed E-state index contributed by atoms with van der Waals surface area (Å²) >= 11 is 0. The van der Waals surface area contributed by atoms with Gasteiger partial charge in [0.05, 0.1) is 5.69 Å². The van der Waals surface area contributed by atoms with Gasteiger partial charge in [0.2, 0.25) is 0 Å². The Hall–Kier alpha value is -2.21. The summed E-state index contributed by atoms with van der Waals surface area (Å²) in [5.74, 6) is 6.76. The fourth-order valence-electron chi connectivity index (χ4n) is 1.89. The van der Waals surface area contributed by atoms with Gasteiger partial charge in [0.25, 0.3) is 0 Å². The number of hydrogen-bond acceptors (Lipinski definition) is 5. The second kappa shape index (κ2) is 6.29. The third kappa shape index (κ3) is 3.21. The summed E-state index contributed by atoms with van der Waals surface area (Å²) < 4.78 is 13.8. The fraction of sp³-hybridized carbons (Fsp3) is 0.286. The maximum Gasteiger partial charge on any atom is 0.146 e. The molecule has 20 heavy (non-hydrogen) atoms. The number of hydrazine groups is 1. The van der Waals surface area contributed by atoms with Gasteiger partial charge in [-0.15, -0.1) is 0 Å². The fourth-order valence-corrected chi connectivity index (χ4v) is 1.89. The van der Waals surface area contributed by atoms with Gasteiger partial charge >= 0.3 is 0 Å². The van der Waals surface area contributed by atoms with Crippen LogP contribution < -0.4 is 16.6 Å². The molecule has 0 unspecified atom stereocenters. The monoisotopic (exact) mass is 275 g/mol. The molecule has 2 aromatic rings. The van der Waals surface area contributed by atoms with Crippen LogP contribution in [-0.2, 0) is 6.42 Å². The first-order valence-electron chi connectivity index (χ1n) is 6.50. The number of nitrogens with one attached hydrogen (secondary N) is 2. The van der Waals surface area contributed by atoms with E-state index in [0.29, 0.717) is 23.1 Å². The molecule has 4 N–H and O–H groups in total. The van der Waals surface area contributed by atoms with Crippen molar-refractivity contribution in [2.75, 3.05) is 10.7 Å². The molecule has 0 aliphatic heterocycles. The minimum atomic E-state index is -0.317. The number of rotatable bonds is 5. The van der Waals surface area contributed by atoms with Crippen molar-refractivity contribution in [2.45, 2.75) is 26.7 Å². The SMILES string of the molecule is CCCc1nc(NN)cc(Nc2c(C)cccc2F)n1. The highest BCUT2D eigenvalue weighted by Crippen LogP contribution is 2.23. The number of aryl methyl sites for hydroxylation is 2. The van der Waals surface area contributed by atoms with Gasteiger partial charge in [0, 0.05) is 12.5 Å². The lowest BCUT2D eigenvalue weighted by molar-refractivity contribution is 0.630. The van der Waals surface area contributed by atoms with Crippen LogP contribution in [0.2, 0.25) is 0 Å². The maximum atomic E-state index is 13.8. The largest absolute Gasteiger partial charge is 0.337 e. The zero-order chi connectivity index (χ0) is 14.5. The lowest BCUT2D eigenvalue weighted by atomic mass is 10.2. The minimum Gasteiger partial charge on any atom is -0.337 e. The second-order valence-corrected chi connectivity index (χ2v) is 4.51. The van der Waals surface area contributed by atoms with Gasteiger partial charge in [-0.1, -0.05) is 19.1 Å². The van der Waals surface area contributed by atoms with Gasteiger partial charge in [0.1, 0.15) is 23.3 Å². The van der Waals surface area contributed by atoms with Gasteiger partial charge < -0.3 is 10.7 Å². The van der Waals surface area contributed by atoms with Crippen molar-refractivity contribution in [1.82, 2.24) is 9.97 Å². The first kappa shape index (κ1) is 14.2. The smallest absolute Gasteiger partial charge is 0.146 e. The molecule has 1 aromatic heterocycles. The molecule has 6 heteroatoms. The van der Waals surface area contributed by atoms with Crippen molar-refractivity contribution in [3.8, 4) is 0 Å². The van der Waals surface area contributed by atoms with Crippen LogP contribution in [0.3, 0.4) is 0 Å². The molecule has 5 nitrogen and oxygen atoms in total. The normalized spacial score (nSPS) is 10.4. The highest BCUT2D eigenvalue weighted by Gasteiger charge is 2.08. The molecular weight excluding hydrogens is 257 g/mol. The molecule has 1 heterocycles. The topological polar surface area (TPSA) is 75.9 Å². The van der Waals surface area contributed by atoms with E-state index in [2.05, 4.69) is 20.7 Å². The molecule has 0 spiro atoms. The number of para-hydroxylation sites is 1. The molecule has 0 aliphatic rings. The van der Waals surface area contributed by atoms with E-state index in [-0.39, 0.29) is 5.82 Å². The Morgan fingerprint density at radius 3 is 2.65 bits per heavy atom. The number of benzene rings is 1. The minimum absolute atomic E-state index is 0.317. The van der Waals surface area contributed by atoms with Gasteiger partial charge in [-0.05, 0) is 25.0 Å². The zero-order valence-electron chi connectivity index (χ0n) is 11.6. The van der Waals surface area contributed by atoms with Crippen LogP contribution in [0.25, 0.3) is 0 Å². The first-order chi connectivity index (χ1) is 9.63. The average molecular weight is 275 g/mol. The molecule has 0 amide bonds. The highest BCUT2D eigenvalue weighted by atomic mass is 19.1. The molecule has 0 atom stereocenters. The Morgan fingerprint density at radius 2 is 2.00 bits per heavy atom. The van der Waals surface area contributed by atoms with Gasteiger partial charge in [0.15, 0.2) is 0 Å². The third-order valence-electron chi connectivity index (χ3n) is 2.87. The van der Waals surface area contributed by atoms with Crippen LogP contribution in [0.5, 0.6) is 0 Å². The van der Waals surface area contributed by atoms with Crippen LogP contribution in [0, 0.1) is 12.7 Å². The summed E-state index contributed by atoms with van der Waals surface area (Å²) in [4.78, 5) is 8.61. The van der Waals surface area contributed by atoms with Crippen molar-refractivity contribution in [1.29, 1.82) is 0 Å². The van der Waals surface area contributed by atoms with Crippen LogP contribution in [0.15, 0.2) is 24.3 Å². The highest BCUT2D eigenvalue weighted by molar-refractivity contribution is 5.62. The summed E-state index contributed by atoms with van der Waals surface area (Å²) in [6.07, 6.45) is 1.66. The summed E-state index contributed by atoms with van der Waals surface area (Å²) in [6, 6.07) is 6.56. The van der Waals surface area contributed by atoms with E-state index < -0.39 is 0 Å². The van der Waals surface area contributed by atoms with Crippen molar-refractivity contribution in [3.63, 3.8) is 0 Å². The standard InChI is InChI=1S/C14H18FN5/c1-3-5-11-17-12(8-13(18-11)20-16)19-14-9(2)6-4-7-10(14)15/h4,6-8H,3,5,16H2,1-2H3,(H2,17,18,19,20). The van der Waals surface area contributed by atoms with Gasteiger partial charge in [-0.2, -0.15) is 0 Å². The number of aromatic nitrogens is 2. The number of anilines is 3. The molecule has 0 radical (unpaired) electrons. The van der Waals surface area contributed by atoms with E-state index in [4.69, 9.17) is 5.84 Å². The van der Waals surface area contributed by atoms with Gasteiger partial charge in [-0.25, -0.2) is 20.2 Å². The maximum absolute atomic E-state index is 13.8. The van der Waals surface area contributed by atoms with E-state index in [1.54, 1.807) is 12.1 Å². The number of nitrogens with zero attached hydrogens (tertiary/aromatic N) is 2. The predicted molar refractivity (Wildman–Crippen MR) is 78.3 cm³/mol. The Balaban J connectivity index is 2.35. The molecule has 0 saturated carbocycles. The van der Waals surface area contributed by atoms with Crippen molar-refractivity contribution < 1.29 is 4.39 Å². The first-order valence-corrected chi connectivity index (χ1v) is 6.50. The van der Waals surface area contributed by atoms with Crippen LogP contribution >= 0.6 is 0 Å². The van der Waals surface area contributed by atoms with Crippen molar-refractivity contribution in [2.24, 2.45) is 5.84 Å². The molecular formula is C14H18FN5. The molecule has 0 aliphatic carbocycles. The Bertz CT molecular complexity index is 580. The van der Waals surface area contributed by atoms with Gasteiger partial charge in [-0.3, -0.25) is 0 Å². The van der Waals surface area contributed by atoms with Crippen molar-refractivity contribution >= 4 is 17.3 Å². The van der Waals surface area contributed by atoms with Crippen LogP contribution in [-0.4, -0.2) is 9.97 Å². The number of nitrogen functional groups attached to an aromatic ring is 1.